The van der Waals surface area contributed by atoms with Gasteiger partial charge in [-0.2, -0.15) is 0 Å². The summed E-state index contributed by atoms with van der Waals surface area (Å²) in [6.45, 7) is 4.12. The third kappa shape index (κ3) is 4.09. The van der Waals surface area contributed by atoms with Crippen molar-refractivity contribution in [2.24, 2.45) is 0 Å². The normalized spacial score (nSPS) is 17.3. The molecule has 1 aliphatic carbocycles. The second-order valence-electron chi connectivity index (χ2n) is 9.28. The number of aromatic nitrogens is 1. The highest BCUT2D eigenvalue weighted by atomic mass is 16.2. The largest absolute Gasteiger partial charge is 0.346 e. The maximum Gasteiger partial charge on any atom is 0.343 e. The average Bonchev–Trinajstić information content (AvgIpc) is 3.16. The summed E-state index contributed by atoms with van der Waals surface area (Å²) in [6, 6.07) is 19.3. The first kappa shape index (κ1) is 22.8. The molecule has 2 aromatic carbocycles. The van der Waals surface area contributed by atoms with E-state index in [-0.39, 0.29) is 5.57 Å². The zero-order chi connectivity index (χ0) is 24.5. The van der Waals surface area contributed by atoms with E-state index in [1.807, 2.05) is 25.1 Å². The summed E-state index contributed by atoms with van der Waals surface area (Å²) in [7, 11) is 0. The van der Waals surface area contributed by atoms with Gasteiger partial charge in [0.1, 0.15) is 5.57 Å². The molecule has 0 N–H and O–H groups in total. The van der Waals surface area contributed by atoms with Crippen molar-refractivity contribution in [1.82, 2.24) is 4.57 Å². The number of barbiturate groups is 1. The third-order valence-electron chi connectivity index (χ3n) is 7.04. The fraction of sp³-hybridized carbons (Fsp3) is 0.276. The van der Waals surface area contributed by atoms with Crippen LogP contribution in [0.1, 0.15) is 55.1 Å². The molecule has 2 fully saturated rings. The van der Waals surface area contributed by atoms with Crippen molar-refractivity contribution in [2.75, 3.05) is 9.80 Å². The Labute approximate surface area is 205 Å². The molecule has 6 heteroatoms. The summed E-state index contributed by atoms with van der Waals surface area (Å²) in [6.07, 6.45) is 7.65. The Kier molecular flexibility index (Phi) is 6.12. The summed E-state index contributed by atoms with van der Waals surface area (Å²) in [5, 5.41) is 0. The van der Waals surface area contributed by atoms with E-state index < -0.39 is 17.8 Å². The van der Waals surface area contributed by atoms with Gasteiger partial charge in [0.2, 0.25) is 0 Å². The number of urea groups is 1. The second-order valence-corrected chi connectivity index (χ2v) is 9.28. The minimum Gasteiger partial charge on any atom is -0.346 e. The van der Waals surface area contributed by atoms with Crippen LogP contribution in [0.3, 0.4) is 0 Å². The summed E-state index contributed by atoms with van der Waals surface area (Å²) >= 11 is 0. The number of aryl methyl sites for hydroxylation is 1. The van der Waals surface area contributed by atoms with Crippen molar-refractivity contribution < 1.29 is 14.4 Å². The predicted molar refractivity (Wildman–Crippen MR) is 137 cm³/mol. The van der Waals surface area contributed by atoms with Crippen molar-refractivity contribution in [3.63, 3.8) is 0 Å². The molecule has 0 bridgehead atoms. The van der Waals surface area contributed by atoms with Gasteiger partial charge < -0.3 is 4.57 Å². The van der Waals surface area contributed by atoms with Gasteiger partial charge in [-0.3, -0.25) is 9.59 Å². The highest BCUT2D eigenvalue weighted by Gasteiger charge is 2.43. The first-order chi connectivity index (χ1) is 17.0. The lowest BCUT2D eigenvalue weighted by Gasteiger charge is -2.34. The monoisotopic (exact) mass is 467 g/mol. The van der Waals surface area contributed by atoms with E-state index in [1.54, 1.807) is 54.6 Å². The standard InChI is InChI=1S/C29H29N3O3/c1-20-18-22(21(2)30(20)23-12-6-3-7-13-23)19-26-27(33)31(24-14-8-4-9-15-24)29(35)32(28(26)34)25-16-10-5-11-17-25/h4-5,8-11,14-19,23H,3,6-7,12-13H2,1-2H3. The molecule has 35 heavy (non-hydrogen) atoms. The van der Waals surface area contributed by atoms with Gasteiger partial charge in [-0.05, 0) is 68.7 Å². The van der Waals surface area contributed by atoms with Gasteiger partial charge in [-0.25, -0.2) is 14.6 Å². The molecule has 0 spiro atoms. The van der Waals surface area contributed by atoms with E-state index in [2.05, 4.69) is 11.5 Å². The molecule has 4 amide bonds. The minimum absolute atomic E-state index is 0.0267. The molecule has 3 aromatic rings. The van der Waals surface area contributed by atoms with E-state index in [1.165, 1.54) is 19.3 Å². The quantitative estimate of drug-likeness (QED) is 0.339. The van der Waals surface area contributed by atoms with Crippen LogP contribution in [0.4, 0.5) is 16.2 Å². The summed E-state index contributed by atoms with van der Waals surface area (Å²) in [5.41, 5.74) is 3.81. The highest BCUT2D eigenvalue weighted by molar-refractivity contribution is 6.46. The van der Waals surface area contributed by atoms with E-state index in [0.717, 1.165) is 39.6 Å². The van der Waals surface area contributed by atoms with E-state index in [4.69, 9.17) is 0 Å². The number of carbonyl (C=O) groups is 3. The fourth-order valence-corrected chi connectivity index (χ4v) is 5.34. The van der Waals surface area contributed by atoms with E-state index in [0.29, 0.717) is 17.4 Å². The molecule has 1 aliphatic heterocycles. The second kappa shape index (κ2) is 9.37. The maximum absolute atomic E-state index is 13.6. The molecule has 1 saturated heterocycles. The van der Waals surface area contributed by atoms with Gasteiger partial charge in [-0.1, -0.05) is 55.7 Å². The molecule has 1 aromatic heterocycles. The highest BCUT2D eigenvalue weighted by Crippen LogP contribution is 2.34. The summed E-state index contributed by atoms with van der Waals surface area (Å²) in [4.78, 5) is 42.9. The van der Waals surface area contributed by atoms with Crippen LogP contribution in [-0.4, -0.2) is 22.4 Å². The van der Waals surface area contributed by atoms with Gasteiger partial charge in [0, 0.05) is 17.4 Å². The topological polar surface area (TPSA) is 62.6 Å². The molecule has 6 nitrogen and oxygen atoms in total. The van der Waals surface area contributed by atoms with Crippen LogP contribution in [0, 0.1) is 13.8 Å². The van der Waals surface area contributed by atoms with Crippen LogP contribution >= 0.6 is 0 Å². The lowest BCUT2D eigenvalue weighted by Crippen LogP contribution is -2.57. The number of para-hydroxylation sites is 2. The van der Waals surface area contributed by atoms with Gasteiger partial charge in [0.15, 0.2) is 0 Å². The molecule has 0 radical (unpaired) electrons. The lowest BCUT2D eigenvalue weighted by atomic mass is 9.95. The zero-order valence-electron chi connectivity index (χ0n) is 20.1. The fourth-order valence-electron chi connectivity index (χ4n) is 5.34. The summed E-state index contributed by atoms with van der Waals surface area (Å²) in [5.74, 6) is -1.22. The van der Waals surface area contributed by atoms with Crippen molar-refractivity contribution in [2.45, 2.75) is 52.0 Å². The predicted octanol–water partition coefficient (Wildman–Crippen LogP) is 6.19. The van der Waals surface area contributed by atoms with Crippen molar-refractivity contribution >= 4 is 35.3 Å². The number of nitrogens with zero attached hydrogens (tertiary/aromatic N) is 3. The molecule has 1 saturated carbocycles. The molecule has 2 aliphatic rings. The third-order valence-corrected chi connectivity index (χ3v) is 7.04. The van der Waals surface area contributed by atoms with Crippen LogP contribution < -0.4 is 9.80 Å². The molecular weight excluding hydrogens is 438 g/mol. The number of imide groups is 2. The number of carbonyl (C=O) groups excluding carboxylic acids is 3. The molecule has 2 heterocycles. The molecule has 0 atom stereocenters. The van der Waals surface area contributed by atoms with Crippen LogP contribution in [-0.2, 0) is 9.59 Å². The first-order valence-electron chi connectivity index (χ1n) is 12.2. The zero-order valence-corrected chi connectivity index (χ0v) is 20.1. The van der Waals surface area contributed by atoms with Gasteiger partial charge >= 0.3 is 6.03 Å². The smallest absolute Gasteiger partial charge is 0.343 e. The van der Waals surface area contributed by atoms with Gasteiger partial charge in [-0.15, -0.1) is 0 Å². The van der Waals surface area contributed by atoms with E-state index >= 15 is 0 Å². The molecule has 5 rings (SSSR count). The Balaban J connectivity index is 1.61. The van der Waals surface area contributed by atoms with Gasteiger partial charge in [0.25, 0.3) is 11.8 Å². The number of anilines is 2. The lowest BCUT2D eigenvalue weighted by molar-refractivity contribution is -0.121. The van der Waals surface area contributed by atoms with Crippen LogP contribution in [0.25, 0.3) is 6.08 Å². The van der Waals surface area contributed by atoms with Crippen LogP contribution in [0.5, 0.6) is 0 Å². The first-order valence-corrected chi connectivity index (χ1v) is 12.2. The Morgan fingerprint density at radius 2 is 1.26 bits per heavy atom. The maximum atomic E-state index is 13.6. The number of hydrogen-bond acceptors (Lipinski definition) is 3. The number of benzene rings is 2. The Morgan fingerprint density at radius 1 is 0.743 bits per heavy atom. The van der Waals surface area contributed by atoms with Crippen LogP contribution in [0.2, 0.25) is 0 Å². The Morgan fingerprint density at radius 3 is 1.77 bits per heavy atom. The number of amides is 4. The average molecular weight is 468 g/mol. The van der Waals surface area contributed by atoms with Crippen molar-refractivity contribution in [1.29, 1.82) is 0 Å². The summed E-state index contributed by atoms with van der Waals surface area (Å²) < 4.78 is 2.35. The minimum atomic E-state index is -0.678. The molecule has 178 valence electrons. The van der Waals surface area contributed by atoms with Gasteiger partial charge in [0.05, 0.1) is 11.4 Å². The van der Waals surface area contributed by atoms with Crippen molar-refractivity contribution in [3.05, 3.63) is 89.3 Å². The molecule has 0 unspecified atom stereocenters. The molecular formula is C29H29N3O3. The number of rotatable bonds is 4. The van der Waals surface area contributed by atoms with E-state index in [9.17, 15) is 14.4 Å². The van der Waals surface area contributed by atoms with Crippen LogP contribution in [0.15, 0.2) is 72.3 Å². The Bertz CT molecular complexity index is 1240. The number of hydrogen-bond donors (Lipinski definition) is 0. The SMILES string of the molecule is Cc1cc(C=C2C(=O)N(c3ccccc3)C(=O)N(c3ccccc3)C2=O)c(C)n1C1CCCCC1. The van der Waals surface area contributed by atoms with Crippen molar-refractivity contribution in [3.8, 4) is 0 Å². The Hall–Kier alpha value is -3.93.